The zero-order valence-corrected chi connectivity index (χ0v) is 14.4. The van der Waals surface area contributed by atoms with Crippen LogP contribution in [0.4, 0.5) is 11.5 Å². The number of amides is 1. The third-order valence-corrected chi connectivity index (χ3v) is 5.60. The molecular formula is C16H18N4O4S. The molecule has 25 heavy (non-hydrogen) atoms. The molecule has 1 saturated heterocycles. The summed E-state index contributed by atoms with van der Waals surface area (Å²) >= 11 is 0. The summed E-state index contributed by atoms with van der Waals surface area (Å²) in [5, 5.41) is 5.78. The van der Waals surface area contributed by atoms with Gasteiger partial charge in [0, 0.05) is 17.8 Å². The SMILES string of the molecule is COc1ccc(Nc2cc(C(=O)NC3CCS(=O)(=O)C3)ncn2)cc1. The summed E-state index contributed by atoms with van der Waals surface area (Å²) in [4.78, 5) is 20.3. The predicted molar refractivity (Wildman–Crippen MR) is 92.8 cm³/mol. The highest BCUT2D eigenvalue weighted by Gasteiger charge is 2.29. The summed E-state index contributed by atoms with van der Waals surface area (Å²) in [6, 6.07) is 8.40. The molecule has 0 spiro atoms. The van der Waals surface area contributed by atoms with Crippen LogP contribution in [0.1, 0.15) is 16.9 Å². The first kappa shape index (κ1) is 17.2. The summed E-state index contributed by atoms with van der Waals surface area (Å²) in [6.45, 7) is 0. The Balaban J connectivity index is 1.67. The number of ether oxygens (including phenoxy) is 1. The maximum absolute atomic E-state index is 12.3. The highest BCUT2D eigenvalue weighted by Crippen LogP contribution is 2.19. The van der Waals surface area contributed by atoms with Crippen molar-refractivity contribution in [3.8, 4) is 5.75 Å². The second kappa shape index (κ2) is 7.06. The molecule has 9 heteroatoms. The topological polar surface area (TPSA) is 110 Å². The lowest BCUT2D eigenvalue weighted by Gasteiger charge is -2.11. The van der Waals surface area contributed by atoms with Gasteiger partial charge < -0.3 is 15.4 Å². The van der Waals surface area contributed by atoms with Gasteiger partial charge in [-0.05, 0) is 30.7 Å². The van der Waals surface area contributed by atoms with Crippen molar-refractivity contribution in [2.75, 3.05) is 23.9 Å². The zero-order valence-electron chi connectivity index (χ0n) is 13.6. The minimum Gasteiger partial charge on any atom is -0.497 e. The number of carbonyl (C=O) groups excluding carboxylic acids is 1. The van der Waals surface area contributed by atoms with E-state index in [-0.39, 0.29) is 23.2 Å². The van der Waals surface area contributed by atoms with Crippen molar-refractivity contribution in [1.29, 1.82) is 0 Å². The fourth-order valence-electron chi connectivity index (χ4n) is 2.54. The van der Waals surface area contributed by atoms with E-state index in [2.05, 4.69) is 20.6 Å². The van der Waals surface area contributed by atoms with Gasteiger partial charge in [0.1, 0.15) is 23.6 Å². The second-order valence-electron chi connectivity index (χ2n) is 5.72. The van der Waals surface area contributed by atoms with Crippen LogP contribution in [0.15, 0.2) is 36.7 Å². The van der Waals surface area contributed by atoms with Gasteiger partial charge in [-0.1, -0.05) is 0 Å². The summed E-state index contributed by atoms with van der Waals surface area (Å²) in [5.74, 6) is 0.860. The van der Waals surface area contributed by atoms with Gasteiger partial charge in [-0.25, -0.2) is 18.4 Å². The van der Waals surface area contributed by atoms with E-state index >= 15 is 0 Å². The molecule has 1 aliphatic rings. The van der Waals surface area contributed by atoms with E-state index in [1.807, 2.05) is 12.1 Å². The predicted octanol–water partition coefficient (Wildman–Crippen LogP) is 1.15. The Bertz CT molecular complexity index is 868. The van der Waals surface area contributed by atoms with E-state index in [4.69, 9.17) is 4.74 Å². The summed E-state index contributed by atoms with van der Waals surface area (Å²) < 4.78 is 28.0. The van der Waals surface area contributed by atoms with Crippen molar-refractivity contribution in [2.24, 2.45) is 0 Å². The Hall–Kier alpha value is -2.68. The molecule has 1 aliphatic heterocycles. The summed E-state index contributed by atoms with van der Waals surface area (Å²) in [5.41, 5.74) is 0.961. The molecule has 2 aromatic rings. The number of aromatic nitrogens is 2. The molecule has 0 bridgehead atoms. The first-order valence-electron chi connectivity index (χ1n) is 7.69. The van der Waals surface area contributed by atoms with E-state index in [1.165, 1.54) is 12.4 Å². The monoisotopic (exact) mass is 362 g/mol. The number of benzene rings is 1. The largest absolute Gasteiger partial charge is 0.497 e. The quantitative estimate of drug-likeness (QED) is 0.821. The van der Waals surface area contributed by atoms with Crippen molar-refractivity contribution < 1.29 is 17.9 Å². The molecule has 2 N–H and O–H groups in total. The van der Waals surface area contributed by atoms with Gasteiger partial charge in [0.2, 0.25) is 0 Å². The Kier molecular flexibility index (Phi) is 4.84. The minimum atomic E-state index is -3.05. The molecular weight excluding hydrogens is 344 g/mol. The molecule has 1 unspecified atom stereocenters. The summed E-state index contributed by atoms with van der Waals surface area (Å²) in [6.07, 6.45) is 1.71. The number of methoxy groups -OCH3 is 1. The van der Waals surface area contributed by atoms with Gasteiger partial charge in [0.15, 0.2) is 9.84 Å². The van der Waals surface area contributed by atoms with Crippen molar-refractivity contribution in [3.63, 3.8) is 0 Å². The first-order valence-corrected chi connectivity index (χ1v) is 9.52. The molecule has 0 saturated carbocycles. The summed E-state index contributed by atoms with van der Waals surface area (Å²) in [7, 11) is -1.46. The average Bonchev–Trinajstić information content (AvgIpc) is 2.94. The molecule has 3 rings (SSSR count). The number of nitrogens with one attached hydrogen (secondary N) is 2. The number of anilines is 2. The van der Waals surface area contributed by atoms with Crippen LogP contribution in [-0.2, 0) is 9.84 Å². The highest BCUT2D eigenvalue weighted by atomic mass is 32.2. The van der Waals surface area contributed by atoms with Gasteiger partial charge in [-0.15, -0.1) is 0 Å². The molecule has 1 aromatic carbocycles. The lowest BCUT2D eigenvalue weighted by Crippen LogP contribution is -2.36. The molecule has 132 valence electrons. The van der Waals surface area contributed by atoms with Crippen molar-refractivity contribution in [3.05, 3.63) is 42.4 Å². The Labute approximate surface area is 145 Å². The smallest absolute Gasteiger partial charge is 0.270 e. The minimum absolute atomic E-state index is 0.0270. The molecule has 2 heterocycles. The van der Waals surface area contributed by atoms with Gasteiger partial charge in [-0.2, -0.15) is 0 Å². The van der Waals surface area contributed by atoms with Crippen LogP contribution in [0.25, 0.3) is 0 Å². The van der Waals surface area contributed by atoms with Gasteiger partial charge in [-0.3, -0.25) is 4.79 Å². The van der Waals surface area contributed by atoms with E-state index in [0.29, 0.717) is 12.2 Å². The number of hydrogen-bond donors (Lipinski definition) is 2. The Morgan fingerprint density at radius 1 is 1.24 bits per heavy atom. The van der Waals surface area contributed by atoms with E-state index < -0.39 is 15.7 Å². The Morgan fingerprint density at radius 3 is 2.64 bits per heavy atom. The molecule has 1 amide bonds. The molecule has 1 aromatic heterocycles. The molecule has 0 radical (unpaired) electrons. The zero-order chi connectivity index (χ0) is 17.9. The normalized spacial score (nSPS) is 18.5. The number of sulfone groups is 1. The maximum atomic E-state index is 12.3. The van der Waals surface area contributed by atoms with Crippen molar-refractivity contribution in [2.45, 2.75) is 12.5 Å². The van der Waals surface area contributed by atoms with Gasteiger partial charge in [0.05, 0.1) is 18.6 Å². The van der Waals surface area contributed by atoms with Crippen LogP contribution in [0, 0.1) is 0 Å². The van der Waals surface area contributed by atoms with Crippen molar-refractivity contribution >= 4 is 27.2 Å². The van der Waals surface area contributed by atoms with E-state index in [0.717, 1.165) is 11.4 Å². The number of nitrogens with zero attached hydrogens (tertiary/aromatic N) is 2. The third-order valence-electron chi connectivity index (χ3n) is 3.83. The fourth-order valence-corrected chi connectivity index (χ4v) is 4.21. The number of carbonyl (C=O) groups is 1. The maximum Gasteiger partial charge on any atom is 0.270 e. The molecule has 1 atom stereocenters. The molecule has 8 nitrogen and oxygen atoms in total. The fraction of sp³-hybridized carbons (Fsp3) is 0.312. The van der Waals surface area contributed by atoms with Gasteiger partial charge >= 0.3 is 0 Å². The van der Waals surface area contributed by atoms with Crippen LogP contribution in [0.3, 0.4) is 0 Å². The number of rotatable bonds is 5. The molecule has 0 aliphatic carbocycles. The van der Waals surface area contributed by atoms with Crippen LogP contribution in [0.2, 0.25) is 0 Å². The molecule has 1 fully saturated rings. The van der Waals surface area contributed by atoms with Gasteiger partial charge in [0.25, 0.3) is 5.91 Å². The van der Waals surface area contributed by atoms with Crippen LogP contribution in [0.5, 0.6) is 5.75 Å². The standard InChI is InChI=1S/C16H18N4O4S/c1-24-13-4-2-11(3-5-13)19-15-8-14(17-10-18-15)16(21)20-12-6-7-25(22,23)9-12/h2-5,8,10,12H,6-7,9H2,1H3,(H,20,21)(H,17,18,19). The lowest BCUT2D eigenvalue weighted by atomic mass is 10.2. The van der Waals surface area contributed by atoms with Crippen LogP contribution < -0.4 is 15.4 Å². The van der Waals surface area contributed by atoms with Crippen LogP contribution in [-0.4, -0.2) is 49.0 Å². The second-order valence-corrected chi connectivity index (χ2v) is 7.94. The van der Waals surface area contributed by atoms with Crippen molar-refractivity contribution in [1.82, 2.24) is 15.3 Å². The van der Waals surface area contributed by atoms with E-state index in [9.17, 15) is 13.2 Å². The average molecular weight is 362 g/mol. The number of hydrogen-bond acceptors (Lipinski definition) is 7. The lowest BCUT2D eigenvalue weighted by molar-refractivity contribution is 0.0936. The van der Waals surface area contributed by atoms with E-state index in [1.54, 1.807) is 19.2 Å². The first-order chi connectivity index (χ1) is 11.9. The third kappa shape index (κ3) is 4.44. The highest BCUT2D eigenvalue weighted by molar-refractivity contribution is 7.91. The van der Waals surface area contributed by atoms with Crippen LogP contribution >= 0.6 is 0 Å². The Morgan fingerprint density at radius 2 is 2.00 bits per heavy atom.